The third kappa shape index (κ3) is 9.39. The van der Waals surface area contributed by atoms with Crippen LogP contribution in [0.2, 0.25) is 0 Å². The third-order valence-electron chi connectivity index (χ3n) is 4.40. The molecule has 1 atom stereocenters. The number of phenolic OH excluding ortho intramolecular Hbond substituents is 1. The molecule has 0 amide bonds. The molecule has 0 aromatic heterocycles. The van der Waals surface area contributed by atoms with Gasteiger partial charge >= 0.3 is 27.0 Å². The SMILES string of the molecule is C[C@H](N=Cc1ccccc1O)c1ccccc1.Cc1ccc(C(C)C)cc1.[Cl][Ru]. The van der Waals surface area contributed by atoms with Gasteiger partial charge in [-0.3, -0.25) is 4.99 Å². The van der Waals surface area contributed by atoms with Gasteiger partial charge in [-0.25, -0.2) is 0 Å². The minimum atomic E-state index is 0.0933. The molecule has 0 bridgehead atoms. The first kappa shape index (κ1) is 25.1. The van der Waals surface area contributed by atoms with Gasteiger partial charge in [0.1, 0.15) is 5.75 Å². The molecule has 3 rings (SSSR count). The number of nitrogens with zero attached hydrogens (tertiary/aromatic N) is 1. The Morgan fingerprint density at radius 2 is 1.34 bits per heavy atom. The van der Waals surface area contributed by atoms with Crippen molar-refractivity contribution in [2.75, 3.05) is 0 Å². The summed E-state index contributed by atoms with van der Waals surface area (Å²) >= 11 is 1.82. The Balaban J connectivity index is 0.000000299. The van der Waals surface area contributed by atoms with Crippen LogP contribution in [0.3, 0.4) is 0 Å². The number of aromatic hydroxyl groups is 1. The molecule has 2 nitrogen and oxygen atoms in total. The predicted octanol–water partition coefficient (Wildman–Crippen LogP) is 7.38. The molecular formula is C25H29ClNORu. The number of benzene rings is 3. The summed E-state index contributed by atoms with van der Waals surface area (Å²) in [7, 11) is 4.57. The van der Waals surface area contributed by atoms with Gasteiger partial charge in [-0.1, -0.05) is 86.1 Å². The Labute approximate surface area is 189 Å². The van der Waals surface area contributed by atoms with E-state index < -0.39 is 0 Å². The molecule has 3 aromatic rings. The second-order valence-electron chi connectivity index (χ2n) is 6.99. The van der Waals surface area contributed by atoms with Crippen molar-refractivity contribution in [1.82, 2.24) is 0 Å². The van der Waals surface area contributed by atoms with Gasteiger partial charge in [0.15, 0.2) is 0 Å². The van der Waals surface area contributed by atoms with Crippen LogP contribution < -0.4 is 0 Å². The van der Waals surface area contributed by atoms with Gasteiger partial charge in [-0.05, 0) is 43.0 Å². The molecule has 0 saturated heterocycles. The van der Waals surface area contributed by atoms with E-state index in [1.54, 1.807) is 18.3 Å². The number of rotatable bonds is 4. The second-order valence-corrected chi connectivity index (χ2v) is 6.99. The van der Waals surface area contributed by atoms with Gasteiger partial charge in [0.2, 0.25) is 0 Å². The average Bonchev–Trinajstić information content (AvgIpc) is 2.76. The average molecular weight is 496 g/mol. The molecular weight excluding hydrogens is 467 g/mol. The fourth-order valence-electron chi connectivity index (χ4n) is 2.56. The van der Waals surface area contributed by atoms with Gasteiger partial charge in [-0.15, -0.1) is 0 Å². The molecule has 0 saturated carbocycles. The van der Waals surface area contributed by atoms with E-state index in [1.807, 2.05) is 66.7 Å². The Kier molecular flexibility index (Phi) is 12.2. The van der Waals surface area contributed by atoms with Gasteiger partial charge in [-0.2, -0.15) is 0 Å². The maximum atomic E-state index is 9.60. The zero-order valence-corrected chi connectivity index (χ0v) is 19.9. The van der Waals surface area contributed by atoms with Crippen LogP contribution in [0.5, 0.6) is 5.75 Å². The number of phenols is 1. The molecule has 0 fully saturated rings. The van der Waals surface area contributed by atoms with E-state index in [0.717, 1.165) is 5.56 Å². The number of hydrogen-bond donors (Lipinski definition) is 1. The van der Waals surface area contributed by atoms with E-state index >= 15 is 0 Å². The molecule has 29 heavy (non-hydrogen) atoms. The van der Waals surface area contributed by atoms with Gasteiger partial charge in [0, 0.05) is 11.8 Å². The second kappa shape index (κ2) is 14.1. The van der Waals surface area contributed by atoms with E-state index in [1.165, 1.54) is 16.7 Å². The summed E-state index contributed by atoms with van der Waals surface area (Å²) in [5.74, 6) is 0.914. The fraction of sp³-hybridized carbons (Fsp3) is 0.240. The van der Waals surface area contributed by atoms with Crippen LogP contribution >= 0.6 is 9.69 Å². The van der Waals surface area contributed by atoms with Crippen molar-refractivity contribution >= 4 is 15.9 Å². The Morgan fingerprint density at radius 1 is 0.793 bits per heavy atom. The first-order valence-electron chi connectivity index (χ1n) is 9.53. The molecule has 0 spiro atoms. The summed E-state index contributed by atoms with van der Waals surface area (Å²) in [4.78, 5) is 4.44. The first-order valence-corrected chi connectivity index (χ1v) is 11.8. The fourth-order valence-corrected chi connectivity index (χ4v) is 2.56. The number of hydrogen-bond acceptors (Lipinski definition) is 2. The van der Waals surface area contributed by atoms with Crippen molar-refractivity contribution in [1.29, 1.82) is 0 Å². The first-order chi connectivity index (χ1) is 14.0. The monoisotopic (exact) mass is 496 g/mol. The molecule has 0 aliphatic carbocycles. The van der Waals surface area contributed by atoms with E-state index in [9.17, 15) is 5.11 Å². The van der Waals surface area contributed by atoms with Crippen LogP contribution in [-0.4, -0.2) is 11.3 Å². The Bertz CT molecular complexity index is 848. The normalized spacial score (nSPS) is 11.3. The molecule has 1 N–H and O–H groups in total. The van der Waals surface area contributed by atoms with E-state index in [4.69, 9.17) is 0 Å². The van der Waals surface area contributed by atoms with Crippen LogP contribution in [0, 0.1) is 6.92 Å². The van der Waals surface area contributed by atoms with Crippen LogP contribution in [0.15, 0.2) is 83.9 Å². The van der Waals surface area contributed by atoms with Crippen molar-refractivity contribution < 1.29 is 22.4 Å². The molecule has 155 valence electrons. The Hall–Kier alpha value is -1.96. The minimum absolute atomic E-state index is 0.0933. The summed E-state index contributed by atoms with van der Waals surface area (Å²) < 4.78 is 0. The number of aliphatic imine (C=N–C) groups is 1. The van der Waals surface area contributed by atoms with Crippen molar-refractivity contribution in [3.63, 3.8) is 0 Å². The van der Waals surface area contributed by atoms with Crippen molar-refractivity contribution in [2.45, 2.75) is 39.7 Å². The van der Waals surface area contributed by atoms with E-state index in [-0.39, 0.29) is 11.8 Å². The Morgan fingerprint density at radius 3 is 1.90 bits per heavy atom. The van der Waals surface area contributed by atoms with Gasteiger partial charge in [0.05, 0.1) is 6.04 Å². The molecule has 0 aliphatic rings. The molecule has 0 radical (unpaired) electrons. The summed E-state index contributed by atoms with van der Waals surface area (Å²) in [5, 5.41) is 9.60. The van der Waals surface area contributed by atoms with Crippen LogP contribution in [-0.2, 0) is 17.3 Å². The quantitative estimate of drug-likeness (QED) is 0.297. The van der Waals surface area contributed by atoms with E-state index in [2.05, 4.69) is 59.7 Å². The van der Waals surface area contributed by atoms with E-state index in [0.29, 0.717) is 5.92 Å². The molecule has 0 aliphatic heterocycles. The van der Waals surface area contributed by atoms with Crippen LogP contribution in [0.25, 0.3) is 0 Å². The molecule has 3 aromatic carbocycles. The predicted molar refractivity (Wildman–Crippen MR) is 122 cm³/mol. The number of aryl methyl sites for hydroxylation is 1. The van der Waals surface area contributed by atoms with Crippen LogP contribution in [0.4, 0.5) is 0 Å². The van der Waals surface area contributed by atoms with Crippen molar-refractivity contribution in [3.05, 3.63) is 101 Å². The van der Waals surface area contributed by atoms with Crippen molar-refractivity contribution in [3.8, 4) is 5.75 Å². The van der Waals surface area contributed by atoms with Crippen LogP contribution in [0.1, 0.15) is 55.0 Å². The van der Waals surface area contributed by atoms with Crippen molar-refractivity contribution in [2.24, 2.45) is 4.99 Å². The number of para-hydroxylation sites is 1. The zero-order chi connectivity index (χ0) is 21.6. The standard InChI is InChI=1S/C15H15NO.C10H14.ClH.Ru/c1-12(13-7-3-2-4-8-13)16-11-14-9-5-6-10-15(14)17;1-8(2)10-6-4-9(3)5-7-10;;/h2-12,17H,1H3;4-8H,1-3H3;1H;/q;;;+1/p-1/t12-;;;/m0.../s1. The topological polar surface area (TPSA) is 32.6 Å². The number of halogens is 1. The maximum absolute atomic E-state index is 9.60. The molecule has 4 heteroatoms. The molecule has 0 heterocycles. The summed E-state index contributed by atoms with van der Waals surface area (Å²) in [5.41, 5.74) is 4.67. The molecule has 0 unspecified atom stereocenters. The summed E-state index contributed by atoms with van der Waals surface area (Å²) in [6.45, 7) is 8.57. The third-order valence-corrected chi connectivity index (χ3v) is 4.40. The summed E-state index contributed by atoms with van der Waals surface area (Å²) in [6.07, 6.45) is 1.72. The zero-order valence-electron chi connectivity index (χ0n) is 17.4. The van der Waals surface area contributed by atoms with Gasteiger partial charge < -0.3 is 5.11 Å². The van der Waals surface area contributed by atoms with Gasteiger partial charge in [0.25, 0.3) is 0 Å². The summed E-state index contributed by atoms with van der Waals surface area (Å²) in [6, 6.07) is 26.1.